The highest BCUT2D eigenvalue weighted by molar-refractivity contribution is 9.10. The van der Waals surface area contributed by atoms with Crippen LogP contribution in [0.1, 0.15) is 12.8 Å². The van der Waals surface area contributed by atoms with Crippen molar-refractivity contribution in [3.05, 3.63) is 16.1 Å². The second kappa shape index (κ2) is 5.27. The molecule has 1 aromatic rings. The molecule has 0 aromatic carbocycles. The Labute approximate surface area is 113 Å². The van der Waals surface area contributed by atoms with Crippen molar-refractivity contribution in [2.75, 3.05) is 13.1 Å². The van der Waals surface area contributed by atoms with Gasteiger partial charge in [0.1, 0.15) is 5.15 Å². The van der Waals surface area contributed by atoms with Gasteiger partial charge in [0.25, 0.3) is 0 Å². The summed E-state index contributed by atoms with van der Waals surface area (Å²) in [5.41, 5.74) is 0. The number of likely N-dealkylation sites (tertiary alicyclic amines) is 1. The number of hydrogen-bond acceptors (Lipinski definition) is 2. The fourth-order valence-corrected chi connectivity index (χ4v) is 2.90. The van der Waals surface area contributed by atoms with Gasteiger partial charge in [-0.25, -0.2) is 9.78 Å². The topological polar surface area (TPSA) is 58.4 Å². The van der Waals surface area contributed by atoms with Crippen LogP contribution in [0.15, 0.2) is 10.9 Å². The zero-order chi connectivity index (χ0) is 12.4. The Morgan fingerprint density at radius 1 is 1.71 bits per heavy atom. The first kappa shape index (κ1) is 12.7. The maximum Gasteiger partial charge on any atom is 0.407 e. The van der Waals surface area contributed by atoms with Crippen LogP contribution in [0, 0.1) is 5.92 Å². The van der Waals surface area contributed by atoms with Crippen molar-refractivity contribution < 1.29 is 9.90 Å². The van der Waals surface area contributed by atoms with E-state index in [0.29, 0.717) is 28.9 Å². The monoisotopic (exact) mass is 321 g/mol. The number of piperidine rings is 1. The van der Waals surface area contributed by atoms with Crippen molar-refractivity contribution >= 4 is 33.6 Å². The van der Waals surface area contributed by atoms with Gasteiger partial charge >= 0.3 is 6.09 Å². The SMILES string of the molecule is O=C(O)N1CCCC(Cn2cc(Cl)nc2Br)C1. The Morgan fingerprint density at radius 3 is 3.06 bits per heavy atom. The van der Waals surface area contributed by atoms with Crippen molar-refractivity contribution in [2.24, 2.45) is 5.92 Å². The molecule has 7 heteroatoms. The van der Waals surface area contributed by atoms with E-state index in [4.69, 9.17) is 16.7 Å². The fraction of sp³-hybridized carbons (Fsp3) is 0.600. The lowest BCUT2D eigenvalue weighted by Crippen LogP contribution is -2.40. The van der Waals surface area contributed by atoms with Gasteiger partial charge in [0.2, 0.25) is 0 Å². The first-order chi connectivity index (χ1) is 8.06. The summed E-state index contributed by atoms with van der Waals surface area (Å²) >= 11 is 9.12. The highest BCUT2D eigenvalue weighted by atomic mass is 79.9. The minimum atomic E-state index is -0.836. The van der Waals surface area contributed by atoms with Gasteiger partial charge < -0.3 is 14.6 Å². The van der Waals surface area contributed by atoms with Gasteiger partial charge in [-0.05, 0) is 34.7 Å². The normalized spacial score (nSPS) is 20.6. The molecule has 2 rings (SSSR count). The van der Waals surface area contributed by atoms with Crippen LogP contribution >= 0.6 is 27.5 Å². The first-order valence-corrected chi connectivity index (χ1v) is 6.59. The summed E-state index contributed by atoms with van der Waals surface area (Å²) in [7, 11) is 0. The molecule has 0 saturated carbocycles. The molecule has 1 N–H and O–H groups in total. The van der Waals surface area contributed by atoms with Gasteiger partial charge in [-0.3, -0.25) is 0 Å². The van der Waals surface area contributed by atoms with Crippen LogP contribution in [0.2, 0.25) is 5.15 Å². The van der Waals surface area contributed by atoms with Crippen molar-refractivity contribution in [2.45, 2.75) is 19.4 Å². The van der Waals surface area contributed by atoms with Gasteiger partial charge in [-0.15, -0.1) is 0 Å². The van der Waals surface area contributed by atoms with Gasteiger partial charge in [-0.2, -0.15) is 0 Å². The second-order valence-corrected chi connectivity index (χ2v) is 5.32. The van der Waals surface area contributed by atoms with Crippen LogP contribution in [0.4, 0.5) is 4.79 Å². The highest BCUT2D eigenvalue weighted by Crippen LogP contribution is 2.22. The van der Waals surface area contributed by atoms with Crippen molar-refractivity contribution in [3.8, 4) is 0 Å². The highest BCUT2D eigenvalue weighted by Gasteiger charge is 2.23. The Bertz CT molecular complexity index is 424. The van der Waals surface area contributed by atoms with Gasteiger partial charge in [0, 0.05) is 25.8 Å². The Balaban J connectivity index is 1.99. The summed E-state index contributed by atoms with van der Waals surface area (Å²) in [5.74, 6) is 0.321. The lowest BCUT2D eigenvalue weighted by molar-refractivity contribution is 0.116. The first-order valence-electron chi connectivity index (χ1n) is 5.42. The second-order valence-electron chi connectivity index (χ2n) is 4.22. The number of aromatic nitrogens is 2. The van der Waals surface area contributed by atoms with E-state index >= 15 is 0 Å². The molecule has 2 heterocycles. The molecule has 1 aromatic heterocycles. The van der Waals surface area contributed by atoms with E-state index in [1.165, 1.54) is 4.90 Å². The Hall–Kier alpha value is -0.750. The summed E-state index contributed by atoms with van der Waals surface area (Å²) in [5, 5.41) is 9.40. The van der Waals surface area contributed by atoms with Crippen LogP contribution in [-0.2, 0) is 6.54 Å². The number of imidazole rings is 1. The predicted molar refractivity (Wildman–Crippen MR) is 67.3 cm³/mol. The van der Waals surface area contributed by atoms with E-state index in [2.05, 4.69) is 20.9 Å². The van der Waals surface area contributed by atoms with E-state index in [0.717, 1.165) is 19.4 Å². The van der Waals surface area contributed by atoms with Crippen molar-refractivity contribution in [1.29, 1.82) is 0 Å². The Kier molecular flexibility index (Phi) is 3.93. The molecule has 0 aliphatic carbocycles. The number of amides is 1. The number of rotatable bonds is 2. The van der Waals surface area contributed by atoms with Crippen LogP contribution in [-0.4, -0.2) is 38.7 Å². The predicted octanol–water partition coefficient (Wildman–Crippen LogP) is 2.69. The standard InChI is InChI=1S/C10H13BrClN3O2/c11-9-13-8(12)6-15(9)5-7-2-1-3-14(4-7)10(16)17/h6-7H,1-5H2,(H,16,17). The molecule has 1 unspecified atom stereocenters. The van der Waals surface area contributed by atoms with E-state index in [1.54, 1.807) is 6.20 Å². The maximum absolute atomic E-state index is 10.9. The van der Waals surface area contributed by atoms with Crippen molar-refractivity contribution in [1.82, 2.24) is 14.5 Å². The molecule has 1 fully saturated rings. The third kappa shape index (κ3) is 3.13. The zero-order valence-electron chi connectivity index (χ0n) is 9.14. The number of nitrogens with zero attached hydrogens (tertiary/aromatic N) is 3. The van der Waals surface area contributed by atoms with Gasteiger partial charge in [-0.1, -0.05) is 11.6 Å². The van der Waals surface area contributed by atoms with Gasteiger partial charge in [0.15, 0.2) is 4.73 Å². The molecule has 0 radical (unpaired) electrons. The zero-order valence-corrected chi connectivity index (χ0v) is 11.5. The van der Waals surface area contributed by atoms with E-state index in [9.17, 15) is 4.79 Å². The number of halogens is 2. The number of hydrogen-bond donors (Lipinski definition) is 1. The van der Waals surface area contributed by atoms with Gasteiger partial charge in [0.05, 0.1) is 0 Å². The Morgan fingerprint density at radius 2 is 2.47 bits per heavy atom. The summed E-state index contributed by atoms with van der Waals surface area (Å²) < 4.78 is 2.60. The maximum atomic E-state index is 10.9. The summed E-state index contributed by atoms with van der Waals surface area (Å²) in [6.07, 6.45) is 2.87. The van der Waals surface area contributed by atoms with Crippen LogP contribution in [0.25, 0.3) is 0 Å². The van der Waals surface area contributed by atoms with E-state index in [1.807, 2.05) is 4.57 Å². The molecule has 94 valence electrons. The molecule has 1 aliphatic heterocycles. The summed E-state index contributed by atoms with van der Waals surface area (Å²) in [4.78, 5) is 16.4. The van der Waals surface area contributed by atoms with E-state index in [-0.39, 0.29) is 0 Å². The summed E-state index contributed by atoms with van der Waals surface area (Å²) in [6, 6.07) is 0. The molecule has 1 amide bonds. The fourth-order valence-electron chi connectivity index (χ4n) is 2.16. The minimum Gasteiger partial charge on any atom is -0.465 e. The minimum absolute atomic E-state index is 0.321. The molecule has 0 bridgehead atoms. The van der Waals surface area contributed by atoms with Crippen LogP contribution < -0.4 is 0 Å². The number of carbonyl (C=O) groups is 1. The largest absolute Gasteiger partial charge is 0.465 e. The van der Waals surface area contributed by atoms with Crippen molar-refractivity contribution in [3.63, 3.8) is 0 Å². The molecular formula is C10H13BrClN3O2. The van der Waals surface area contributed by atoms with Crippen LogP contribution in [0.5, 0.6) is 0 Å². The third-order valence-electron chi connectivity index (χ3n) is 2.94. The summed E-state index contributed by atoms with van der Waals surface area (Å²) in [6.45, 7) is 1.96. The van der Waals surface area contributed by atoms with Crippen LogP contribution in [0.3, 0.4) is 0 Å². The quantitative estimate of drug-likeness (QED) is 0.910. The molecule has 5 nitrogen and oxygen atoms in total. The van der Waals surface area contributed by atoms with E-state index < -0.39 is 6.09 Å². The molecule has 0 spiro atoms. The molecule has 1 atom stereocenters. The lowest BCUT2D eigenvalue weighted by atomic mass is 9.98. The molecule has 17 heavy (non-hydrogen) atoms. The smallest absolute Gasteiger partial charge is 0.407 e. The molecular weight excluding hydrogens is 309 g/mol. The molecule has 1 aliphatic rings. The lowest BCUT2D eigenvalue weighted by Gasteiger charge is -2.30. The molecule has 1 saturated heterocycles. The third-order valence-corrected chi connectivity index (χ3v) is 3.76. The average molecular weight is 323 g/mol. The average Bonchev–Trinajstić information content (AvgIpc) is 2.58. The number of carboxylic acid groups (broad SMARTS) is 1.